The molecule has 0 radical (unpaired) electrons. The first-order valence-electron chi connectivity index (χ1n) is 5.78. The average molecular weight is 334 g/mol. The predicted octanol–water partition coefficient (Wildman–Crippen LogP) is 2.00. The molecule has 0 unspecified atom stereocenters. The van der Waals surface area contributed by atoms with Crippen molar-refractivity contribution in [2.75, 3.05) is 19.0 Å². The monoisotopic (exact) mass is 333 g/mol. The zero-order valence-electron chi connectivity index (χ0n) is 11.0. The molecular formula is C10H15ClF3N3O2S. The summed E-state index contributed by atoms with van der Waals surface area (Å²) in [6.07, 6.45) is -3.41. The molecule has 0 fully saturated rings. The Morgan fingerprint density at radius 1 is 1.45 bits per heavy atom. The Balaban J connectivity index is 3.15. The number of halogens is 4. The highest BCUT2D eigenvalue weighted by atomic mass is 35.5. The molecule has 5 nitrogen and oxygen atoms in total. The SMILES string of the molecule is CCn1cc(S(=O)(=O)N(CCCl)CC(F)(F)F)nc1C. The van der Waals surface area contributed by atoms with Gasteiger partial charge in [0.15, 0.2) is 5.03 Å². The molecule has 10 heteroatoms. The van der Waals surface area contributed by atoms with Crippen LogP contribution in [-0.4, -0.2) is 47.4 Å². The van der Waals surface area contributed by atoms with Crippen LogP contribution in [-0.2, 0) is 16.6 Å². The van der Waals surface area contributed by atoms with Gasteiger partial charge in [-0.1, -0.05) is 0 Å². The lowest BCUT2D eigenvalue weighted by molar-refractivity contribution is -0.135. The number of imidazole rings is 1. The number of hydrogen-bond acceptors (Lipinski definition) is 3. The van der Waals surface area contributed by atoms with Gasteiger partial charge in [0.1, 0.15) is 12.4 Å². The normalized spacial score (nSPS) is 13.2. The van der Waals surface area contributed by atoms with Gasteiger partial charge in [-0.05, 0) is 13.8 Å². The smallest absolute Gasteiger partial charge is 0.334 e. The van der Waals surface area contributed by atoms with Gasteiger partial charge in [0.25, 0.3) is 10.0 Å². The summed E-state index contributed by atoms with van der Waals surface area (Å²) in [7, 11) is -4.31. The Bertz CT molecular complexity index is 557. The van der Waals surface area contributed by atoms with Crippen molar-refractivity contribution in [1.82, 2.24) is 13.9 Å². The molecule has 0 amide bonds. The highest BCUT2D eigenvalue weighted by Gasteiger charge is 2.37. The Morgan fingerprint density at radius 2 is 2.05 bits per heavy atom. The molecule has 20 heavy (non-hydrogen) atoms. The summed E-state index contributed by atoms with van der Waals surface area (Å²) in [5, 5.41) is -0.397. The van der Waals surface area contributed by atoms with Gasteiger partial charge in [-0.15, -0.1) is 11.6 Å². The Morgan fingerprint density at radius 3 is 2.45 bits per heavy atom. The van der Waals surface area contributed by atoms with Gasteiger partial charge in [-0.2, -0.15) is 17.5 Å². The summed E-state index contributed by atoms with van der Waals surface area (Å²) in [6, 6.07) is 0. The number of hydrogen-bond donors (Lipinski definition) is 0. The van der Waals surface area contributed by atoms with Gasteiger partial charge in [-0.25, -0.2) is 13.4 Å². The van der Waals surface area contributed by atoms with E-state index < -0.39 is 34.3 Å². The van der Waals surface area contributed by atoms with Gasteiger partial charge < -0.3 is 4.57 Å². The fraction of sp³-hybridized carbons (Fsp3) is 0.700. The molecule has 116 valence electrons. The molecule has 0 spiro atoms. The molecule has 0 aliphatic rings. The molecule has 1 aromatic heterocycles. The lowest BCUT2D eigenvalue weighted by atomic mass is 10.6. The second-order valence-electron chi connectivity index (χ2n) is 4.06. The van der Waals surface area contributed by atoms with Gasteiger partial charge in [0, 0.05) is 25.2 Å². The molecular weight excluding hydrogens is 319 g/mol. The zero-order chi connectivity index (χ0) is 15.6. The molecule has 1 rings (SSSR count). The number of rotatable bonds is 6. The van der Waals surface area contributed by atoms with Crippen LogP contribution in [0.3, 0.4) is 0 Å². The zero-order valence-corrected chi connectivity index (χ0v) is 12.6. The van der Waals surface area contributed by atoms with E-state index in [1.54, 1.807) is 18.4 Å². The highest BCUT2D eigenvalue weighted by molar-refractivity contribution is 7.89. The molecule has 0 bridgehead atoms. The fourth-order valence-corrected chi connectivity index (χ4v) is 3.36. The van der Waals surface area contributed by atoms with E-state index in [9.17, 15) is 21.6 Å². The van der Waals surface area contributed by atoms with Crippen LogP contribution in [0.4, 0.5) is 13.2 Å². The van der Waals surface area contributed by atoms with Crippen molar-refractivity contribution in [1.29, 1.82) is 0 Å². The first-order chi connectivity index (χ1) is 9.11. The third-order valence-electron chi connectivity index (χ3n) is 2.59. The van der Waals surface area contributed by atoms with E-state index in [0.29, 0.717) is 16.7 Å². The molecule has 0 N–H and O–H groups in total. The molecule has 0 aromatic carbocycles. The molecule has 1 aromatic rings. The van der Waals surface area contributed by atoms with Crippen LogP contribution < -0.4 is 0 Å². The quantitative estimate of drug-likeness (QED) is 0.748. The standard InChI is InChI=1S/C10H15ClF3N3O2S/c1-3-16-6-9(15-8(16)2)20(18,19)17(5-4-11)7-10(12,13)14/h6H,3-5,7H2,1-2H3. The highest BCUT2D eigenvalue weighted by Crippen LogP contribution is 2.22. The van der Waals surface area contributed by atoms with E-state index in [4.69, 9.17) is 11.6 Å². The largest absolute Gasteiger partial charge is 0.402 e. The third kappa shape index (κ3) is 4.10. The third-order valence-corrected chi connectivity index (χ3v) is 4.47. The maximum absolute atomic E-state index is 12.5. The van der Waals surface area contributed by atoms with Crippen molar-refractivity contribution in [3.63, 3.8) is 0 Å². The first-order valence-corrected chi connectivity index (χ1v) is 7.76. The summed E-state index contributed by atoms with van der Waals surface area (Å²) >= 11 is 5.38. The van der Waals surface area contributed by atoms with Crippen molar-refractivity contribution in [3.8, 4) is 0 Å². The lowest BCUT2D eigenvalue weighted by Crippen LogP contribution is -2.40. The van der Waals surface area contributed by atoms with E-state index in [-0.39, 0.29) is 5.88 Å². The van der Waals surface area contributed by atoms with Crippen molar-refractivity contribution in [2.24, 2.45) is 0 Å². The number of sulfonamides is 1. The minimum atomic E-state index is -4.64. The lowest BCUT2D eigenvalue weighted by Gasteiger charge is -2.21. The van der Waals surface area contributed by atoms with Crippen LogP contribution in [0.1, 0.15) is 12.7 Å². The summed E-state index contributed by atoms with van der Waals surface area (Å²) in [6.45, 7) is 1.82. The summed E-state index contributed by atoms with van der Waals surface area (Å²) < 4.78 is 63.5. The minimum absolute atomic E-state index is 0.233. The number of aryl methyl sites for hydroxylation is 2. The van der Waals surface area contributed by atoms with E-state index in [1.807, 2.05) is 0 Å². The fourth-order valence-electron chi connectivity index (χ4n) is 1.63. The number of nitrogens with zero attached hydrogens (tertiary/aromatic N) is 3. The Hall–Kier alpha value is -0.800. The van der Waals surface area contributed by atoms with Crippen LogP contribution in [0.25, 0.3) is 0 Å². The topological polar surface area (TPSA) is 55.2 Å². The molecule has 0 atom stereocenters. The van der Waals surface area contributed by atoms with Gasteiger partial charge >= 0.3 is 6.18 Å². The maximum Gasteiger partial charge on any atom is 0.402 e. The Labute approximate surface area is 120 Å². The first kappa shape index (κ1) is 17.3. The van der Waals surface area contributed by atoms with E-state index in [0.717, 1.165) is 0 Å². The van der Waals surface area contributed by atoms with E-state index >= 15 is 0 Å². The van der Waals surface area contributed by atoms with Crippen molar-refractivity contribution in [2.45, 2.75) is 31.6 Å². The van der Waals surface area contributed by atoms with E-state index in [2.05, 4.69) is 4.98 Å². The predicted molar refractivity (Wildman–Crippen MR) is 68.2 cm³/mol. The summed E-state index contributed by atoms with van der Waals surface area (Å²) in [5.41, 5.74) is 0. The summed E-state index contributed by atoms with van der Waals surface area (Å²) in [4.78, 5) is 3.81. The summed E-state index contributed by atoms with van der Waals surface area (Å²) in [5.74, 6) is 0.187. The van der Waals surface area contributed by atoms with Gasteiger partial charge in [0.05, 0.1) is 0 Å². The molecule has 0 saturated carbocycles. The van der Waals surface area contributed by atoms with E-state index in [1.165, 1.54) is 6.20 Å². The average Bonchev–Trinajstić information content (AvgIpc) is 2.69. The Kier molecular flexibility index (Phi) is 5.45. The number of alkyl halides is 4. The molecule has 0 aliphatic heterocycles. The van der Waals surface area contributed by atoms with Crippen LogP contribution in [0.5, 0.6) is 0 Å². The van der Waals surface area contributed by atoms with Crippen LogP contribution in [0.2, 0.25) is 0 Å². The molecule has 0 aliphatic carbocycles. The van der Waals surface area contributed by atoms with Crippen molar-refractivity contribution < 1.29 is 21.6 Å². The molecule has 1 heterocycles. The van der Waals surface area contributed by atoms with Crippen LogP contribution >= 0.6 is 11.6 Å². The van der Waals surface area contributed by atoms with Crippen molar-refractivity contribution in [3.05, 3.63) is 12.0 Å². The minimum Gasteiger partial charge on any atom is -0.334 e. The van der Waals surface area contributed by atoms with Crippen molar-refractivity contribution >= 4 is 21.6 Å². The maximum atomic E-state index is 12.5. The number of aromatic nitrogens is 2. The second-order valence-corrected chi connectivity index (χ2v) is 6.32. The van der Waals surface area contributed by atoms with Crippen LogP contribution in [0, 0.1) is 6.92 Å². The van der Waals surface area contributed by atoms with Gasteiger partial charge in [0.2, 0.25) is 0 Å². The van der Waals surface area contributed by atoms with Gasteiger partial charge in [-0.3, -0.25) is 0 Å². The molecule has 0 saturated heterocycles. The van der Waals surface area contributed by atoms with Crippen LogP contribution in [0.15, 0.2) is 11.2 Å². The second kappa shape index (κ2) is 6.31.